The second-order valence-corrected chi connectivity index (χ2v) is 7.88. The van der Waals surface area contributed by atoms with Crippen LogP contribution < -0.4 is 11.1 Å². The first-order chi connectivity index (χ1) is 11.3. The van der Waals surface area contributed by atoms with Crippen molar-refractivity contribution in [2.75, 3.05) is 19.6 Å². The number of carbonyl (C=O) groups is 1. The third kappa shape index (κ3) is 5.91. The molecule has 1 aromatic rings. The van der Waals surface area contributed by atoms with E-state index in [1.165, 1.54) is 0 Å². The maximum absolute atomic E-state index is 12.3. The monoisotopic (exact) mass is 335 g/mol. The van der Waals surface area contributed by atoms with E-state index in [0.717, 1.165) is 38.2 Å². The minimum atomic E-state index is -0.201. The lowest BCUT2D eigenvalue weighted by Crippen LogP contribution is -2.46. The summed E-state index contributed by atoms with van der Waals surface area (Å²) in [6, 6.07) is 2.19. The number of amides is 1. The lowest BCUT2D eigenvalue weighted by atomic mass is 9.98. The quantitative estimate of drug-likeness (QED) is 0.755. The van der Waals surface area contributed by atoms with Crippen molar-refractivity contribution in [3.8, 4) is 0 Å². The molecule has 136 valence electrons. The second kappa shape index (κ2) is 8.12. The van der Waals surface area contributed by atoms with Crippen LogP contribution >= 0.6 is 0 Å². The van der Waals surface area contributed by atoms with Gasteiger partial charge in [-0.05, 0) is 39.2 Å². The van der Waals surface area contributed by atoms with Gasteiger partial charge in [-0.3, -0.25) is 14.4 Å². The van der Waals surface area contributed by atoms with E-state index in [-0.39, 0.29) is 17.5 Å². The number of hydrogen-bond acceptors (Lipinski definition) is 4. The number of aromatic nitrogens is 2. The number of nitrogens with one attached hydrogen (secondary N) is 1. The van der Waals surface area contributed by atoms with Crippen LogP contribution in [0.5, 0.6) is 0 Å². The van der Waals surface area contributed by atoms with Crippen molar-refractivity contribution in [3.63, 3.8) is 0 Å². The Balaban J connectivity index is 1.84. The Hall–Kier alpha value is -1.40. The smallest absolute Gasteiger partial charge is 0.222 e. The number of likely N-dealkylation sites (tertiary alicyclic amines) is 1. The molecule has 1 aliphatic heterocycles. The Morgan fingerprint density at radius 2 is 2.21 bits per heavy atom. The zero-order chi connectivity index (χ0) is 17.7. The Bertz CT molecular complexity index is 534. The Morgan fingerprint density at radius 1 is 1.46 bits per heavy atom. The van der Waals surface area contributed by atoms with Gasteiger partial charge in [-0.15, -0.1) is 0 Å². The highest BCUT2D eigenvalue weighted by Gasteiger charge is 2.34. The molecule has 0 unspecified atom stereocenters. The molecule has 2 rings (SSSR count). The zero-order valence-corrected chi connectivity index (χ0v) is 15.6. The van der Waals surface area contributed by atoms with Gasteiger partial charge in [0.15, 0.2) is 0 Å². The molecule has 0 aromatic carbocycles. The number of nitrogens with two attached hydrogens (primary N) is 1. The molecular formula is C18H33N5O. The van der Waals surface area contributed by atoms with Gasteiger partial charge in [-0.1, -0.05) is 13.3 Å². The van der Waals surface area contributed by atoms with Crippen LogP contribution in [0.3, 0.4) is 0 Å². The van der Waals surface area contributed by atoms with Gasteiger partial charge in [0.2, 0.25) is 5.91 Å². The van der Waals surface area contributed by atoms with Crippen LogP contribution in [-0.4, -0.2) is 51.8 Å². The van der Waals surface area contributed by atoms with Crippen LogP contribution in [0.4, 0.5) is 0 Å². The summed E-state index contributed by atoms with van der Waals surface area (Å²) in [5.74, 6) is 0.636. The van der Waals surface area contributed by atoms with E-state index in [9.17, 15) is 4.79 Å². The van der Waals surface area contributed by atoms with Crippen LogP contribution in [0.15, 0.2) is 12.3 Å². The van der Waals surface area contributed by atoms with E-state index in [0.29, 0.717) is 18.9 Å². The summed E-state index contributed by atoms with van der Waals surface area (Å²) in [4.78, 5) is 14.7. The largest absolute Gasteiger partial charge is 0.352 e. The molecule has 1 saturated heterocycles. The van der Waals surface area contributed by atoms with Crippen molar-refractivity contribution in [1.82, 2.24) is 20.0 Å². The molecule has 2 atom stereocenters. The lowest BCUT2D eigenvalue weighted by Gasteiger charge is -2.26. The average Bonchev–Trinajstić information content (AvgIpc) is 3.02. The number of nitrogens with zero attached hydrogens (tertiary/aromatic N) is 3. The molecule has 0 bridgehead atoms. The fourth-order valence-corrected chi connectivity index (χ4v) is 3.58. The summed E-state index contributed by atoms with van der Waals surface area (Å²) < 4.78 is 1.83. The average molecular weight is 335 g/mol. The van der Waals surface area contributed by atoms with Crippen molar-refractivity contribution in [3.05, 3.63) is 18.0 Å². The molecule has 1 amide bonds. The summed E-state index contributed by atoms with van der Waals surface area (Å²) in [5.41, 5.74) is 6.94. The number of carbonyl (C=O) groups excluding carboxylic acids is 1. The maximum atomic E-state index is 12.3. The number of rotatable bonds is 8. The van der Waals surface area contributed by atoms with Crippen LogP contribution in [0.2, 0.25) is 0 Å². The summed E-state index contributed by atoms with van der Waals surface area (Å²) in [7, 11) is 0. The fourth-order valence-electron chi connectivity index (χ4n) is 3.58. The molecule has 6 heteroatoms. The third-order valence-corrected chi connectivity index (χ3v) is 4.50. The molecule has 1 aliphatic rings. The summed E-state index contributed by atoms with van der Waals surface area (Å²) in [6.45, 7) is 11.7. The van der Waals surface area contributed by atoms with Crippen molar-refractivity contribution >= 4 is 5.91 Å². The van der Waals surface area contributed by atoms with Crippen molar-refractivity contribution < 1.29 is 4.79 Å². The molecule has 0 aliphatic carbocycles. The molecule has 0 spiro atoms. The Kier molecular flexibility index (Phi) is 6.40. The molecule has 2 heterocycles. The molecular weight excluding hydrogens is 302 g/mol. The molecule has 0 radical (unpaired) electrons. The highest BCUT2D eigenvalue weighted by Crippen LogP contribution is 2.23. The minimum Gasteiger partial charge on any atom is -0.352 e. The van der Waals surface area contributed by atoms with E-state index in [1.807, 2.05) is 23.9 Å². The van der Waals surface area contributed by atoms with Crippen LogP contribution in [-0.2, 0) is 11.3 Å². The van der Waals surface area contributed by atoms with E-state index in [1.54, 1.807) is 0 Å². The normalized spacial score (nSPS) is 22.0. The van der Waals surface area contributed by atoms with Crippen molar-refractivity contribution in [2.24, 2.45) is 11.7 Å². The minimum absolute atomic E-state index is 0.114. The standard InChI is InChI=1S/C18H33N5O/c1-5-6-15-11-22(13-18(3,4)19)12-16(15)20-17(24)8-10-23-9-7-14(2)21-23/h7,9,15-16H,5-6,8,10-13,19H2,1-4H3,(H,20,24)/t15-,16-/m0/s1. The van der Waals surface area contributed by atoms with Crippen LogP contribution in [0.25, 0.3) is 0 Å². The van der Waals surface area contributed by atoms with Crippen molar-refractivity contribution in [2.45, 2.75) is 65.1 Å². The maximum Gasteiger partial charge on any atom is 0.222 e. The highest BCUT2D eigenvalue weighted by molar-refractivity contribution is 5.76. The predicted molar refractivity (Wildman–Crippen MR) is 96.6 cm³/mol. The molecule has 24 heavy (non-hydrogen) atoms. The molecule has 0 saturated carbocycles. The number of hydrogen-bond donors (Lipinski definition) is 2. The summed E-state index contributed by atoms with van der Waals surface area (Å²) in [6.07, 6.45) is 4.68. The van der Waals surface area contributed by atoms with Gasteiger partial charge in [-0.25, -0.2) is 0 Å². The molecule has 3 N–H and O–H groups in total. The van der Waals surface area contributed by atoms with Gasteiger partial charge >= 0.3 is 0 Å². The van der Waals surface area contributed by atoms with Gasteiger partial charge in [0, 0.05) is 50.4 Å². The highest BCUT2D eigenvalue weighted by atomic mass is 16.1. The lowest BCUT2D eigenvalue weighted by molar-refractivity contribution is -0.122. The fraction of sp³-hybridized carbons (Fsp3) is 0.778. The Labute approximate surface area is 145 Å². The first kappa shape index (κ1) is 18.9. The predicted octanol–water partition coefficient (Wildman–Crippen LogP) is 1.54. The van der Waals surface area contributed by atoms with Gasteiger partial charge < -0.3 is 11.1 Å². The second-order valence-electron chi connectivity index (χ2n) is 7.88. The zero-order valence-electron chi connectivity index (χ0n) is 15.6. The van der Waals surface area contributed by atoms with Gasteiger partial charge in [0.1, 0.15) is 0 Å². The molecule has 6 nitrogen and oxygen atoms in total. The van der Waals surface area contributed by atoms with E-state index >= 15 is 0 Å². The Morgan fingerprint density at radius 3 is 2.79 bits per heavy atom. The van der Waals surface area contributed by atoms with E-state index in [4.69, 9.17) is 5.73 Å². The number of aryl methyl sites for hydroxylation is 2. The van der Waals surface area contributed by atoms with Gasteiger partial charge in [0.25, 0.3) is 0 Å². The van der Waals surface area contributed by atoms with Crippen LogP contribution in [0, 0.1) is 12.8 Å². The summed E-state index contributed by atoms with van der Waals surface area (Å²) >= 11 is 0. The van der Waals surface area contributed by atoms with Crippen LogP contribution in [0.1, 0.15) is 45.7 Å². The third-order valence-electron chi connectivity index (χ3n) is 4.50. The van der Waals surface area contributed by atoms with Gasteiger partial charge in [0.05, 0.1) is 5.69 Å². The molecule has 1 aromatic heterocycles. The van der Waals surface area contributed by atoms with Crippen molar-refractivity contribution in [1.29, 1.82) is 0 Å². The SMILES string of the molecule is CCC[C@H]1CN(CC(C)(C)N)C[C@@H]1NC(=O)CCn1ccc(C)n1. The first-order valence-corrected chi connectivity index (χ1v) is 9.07. The van der Waals surface area contributed by atoms with E-state index in [2.05, 4.69) is 36.1 Å². The summed E-state index contributed by atoms with van der Waals surface area (Å²) in [5, 5.41) is 7.57. The van der Waals surface area contributed by atoms with E-state index < -0.39 is 0 Å². The topological polar surface area (TPSA) is 76.2 Å². The first-order valence-electron chi connectivity index (χ1n) is 9.07. The molecule has 1 fully saturated rings. The van der Waals surface area contributed by atoms with Gasteiger partial charge in [-0.2, -0.15) is 5.10 Å².